The summed E-state index contributed by atoms with van der Waals surface area (Å²) in [4.78, 5) is 15.1. The summed E-state index contributed by atoms with van der Waals surface area (Å²) >= 11 is 0. The average molecular weight is 341 g/mol. The minimum atomic E-state index is -0.0618. The molecule has 5 heteroatoms. The SMILES string of the molecule is O=C(Nc1ccccc1N1CCCC1)NC1C2CCOC2C12CCC2. The van der Waals surface area contributed by atoms with E-state index >= 15 is 0 Å². The van der Waals surface area contributed by atoms with E-state index in [2.05, 4.69) is 21.6 Å². The van der Waals surface area contributed by atoms with E-state index in [4.69, 9.17) is 4.74 Å². The Balaban J connectivity index is 1.28. The number of fused-ring (bicyclic) bond motifs is 2. The van der Waals surface area contributed by atoms with Crippen LogP contribution < -0.4 is 15.5 Å². The van der Waals surface area contributed by atoms with E-state index in [1.54, 1.807) is 0 Å². The molecule has 2 heterocycles. The predicted molar refractivity (Wildman–Crippen MR) is 98.0 cm³/mol. The molecule has 1 spiro atoms. The molecule has 5 rings (SSSR count). The van der Waals surface area contributed by atoms with Gasteiger partial charge in [0.05, 0.1) is 17.5 Å². The number of ether oxygens (including phenoxy) is 1. The number of hydrogen-bond donors (Lipinski definition) is 2. The van der Waals surface area contributed by atoms with Crippen molar-refractivity contribution in [2.45, 2.75) is 50.7 Å². The first-order valence-corrected chi connectivity index (χ1v) is 9.81. The highest BCUT2D eigenvalue weighted by atomic mass is 16.5. The number of anilines is 2. The van der Waals surface area contributed by atoms with Crippen LogP contribution in [0.1, 0.15) is 38.5 Å². The lowest BCUT2D eigenvalue weighted by Gasteiger charge is -2.63. The van der Waals surface area contributed by atoms with E-state index in [0.29, 0.717) is 12.0 Å². The van der Waals surface area contributed by atoms with Gasteiger partial charge in [-0.25, -0.2) is 4.79 Å². The molecule has 0 aromatic heterocycles. The van der Waals surface area contributed by atoms with Crippen LogP contribution in [0.4, 0.5) is 16.2 Å². The van der Waals surface area contributed by atoms with Crippen LogP contribution in [0.3, 0.4) is 0 Å². The fourth-order valence-electron chi connectivity index (χ4n) is 5.57. The molecule has 134 valence electrons. The number of rotatable bonds is 3. The van der Waals surface area contributed by atoms with E-state index in [0.717, 1.165) is 37.5 Å². The van der Waals surface area contributed by atoms with Gasteiger partial charge in [-0.3, -0.25) is 0 Å². The summed E-state index contributed by atoms with van der Waals surface area (Å²) in [5, 5.41) is 6.42. The lowest BCUT2D eigenvalue weighted by Crippen LogP contribution is -2.72. The monoisotopic (exact) mass is 341 g/mol. The molecule has 2 amide bonds. The molecule has 1 aromatic carbocycles. The van der Waals surface area contributed by atoms with Crippen molar-refractivity contribution in [2.75, 3.05) is 29.9 Å². The molecular weight excluding hydrogens is 314 g/mol. The lowest BCUT2D eigenvalue weighted by atomic mass is 9.46. The third-order valence-corrected chi connectivity index (χ3v) is 6.92. The molecule has 4 aliphatic rings. The summed E-state index contributed by atoms with van der Waals surface area (Å²) in [6.07, 6.45) is 7.60. The van der Waals surface area contributed by atoms with Crippen LogP contribution in [0.5, 0.6) is 0 Å². The first-order chi connectivity index (χ1) is 12.3. The normalized spacial score (nSPS) is 32.0. The molecule has 2 N–H and O–H groups in total. The molecule has 0 radical (unpaired) electrons. The number of para-hydroxylation sites is 2. The highest BCUT2D eigenvalue weighted by Gasteiger charge is 2.67. The van der Waals surface area contributed by atoms with E-state index in [9.17, 15) is 4.79 Å². The van der Waals surface area contributed by atoms with Crippen molar-refractivity contribution in [1.29, 1.82) is 0 Å². The smallest absolute Gasteiger partial charge is 0.319 e. The Labute approximate surface area is 149 Å². The maximum absolute atomic E-state index is 12.7. The molecule has 25 heavy (non-hydrogen) atoms. The maximum Gasteiger partial charge on any atom is 0.319 e. The first kappa shape index (κ1) is 15.5. The number of urea groups is 1. The standard InChI is InChI=1S/C20H27N3O2/c24-19(21-15-6-1-2-7-16(15)23-11-3-4-12-23)22-17-14-8-13-25-18(14)20(17)9-5-10-20/h1-2,6-7,14,17-18H,3-5,8-13H2,(H2,21,22,24). The van der Waals surface area contributed by atoms with E-state index in [1.165, 1.54) is 32.1 Å². The second-order valence-corrected chi connectivity index (χ2v) is 8.12. The van der Waals surface area contributed by atoms with E-state index in [1.807, 2.05) is 18.2 Å². The Morgan fingerprint density at radius 3 is 2.72 bits per heavy atom. The topological polar surface area (TPSA) is 53.6 Å². The van der Waals surface area contributed by atoms with Gasteiger partial charge in [0.15, 0.2) is 0 Å². The summed E-state index contributed by atoms with van der Waals surface area (Å²) in [6, 6.07) is 8.38. The first-order valence-electron chi connectivity index (χ1n) is 9.81. The second kappa shape index (κ2) is 5.90. The Bertz CT molecular complexity index is 667. The van der Waals surface area contributed by atoms with Crippen LogP contribution in [-0.4, -0.2) is 37.9 Å². The van der Waals surface area contributed by atoms with Gasteiger partial charge in [-0.15, -0.1) is 0 Å². The number of hydrogen-bond acceptors (Lipinski definition) is 3. The molecule has 3 atom stereocenters. The van der Waals surface area contributed by atoms with Crippen molar-refractivity contribution in [2.24, 2.45) is 11.3 Å². The van der Waals surface area contributed by atoms with Gasteiger partial charge in [-0.05, 0) is 44.2 Å². The minimum Gasteiger partial charge on any atom is -0.377 e. The van der Waals surface area contributed by atoms with Crippen molar-refractivity contribution >= 4 is 17.4 Å². The van der Waals surface area contributed by atoms with Crippen LogP contribution >= 0.6 is 0 Å². The average Bonchev–Trinajstić information content (AvgIpc) is 3.22. The van der Waals surface area contributed by atoms with Crippen LogP contribution in [0.15, 0.2) is 24.3 Å². The number of carbonyl (C=O) groups excluding carboxylic acids is 1. The van der Waals surface area contributed by atoms with E-state index in [-0.39, 0.29) is 17.5 Å². The third kappa shape index (κ3) is 2.35. The van der Waals surface area contributed by atoms with Crippen molar-refractivity contribution in [3.8, 4) is 0 Å². The molecule has 2 aliphatic carbocycles. The zero-order valence-electron chi connectivity index (χ0n) is 14.7. The van der Waals surface area contributed by atoms with Crippen LogP contribution in [0, 0.1) is 11.3 Å². The van der Waals surface area contributed by atoms with Gasteiger partial charge in [0.25, 0.3) is 0 Å². The highest BCUT2D eigenvalue weighted by Crippen LogP contribution is 2.62. The van der Waals surface area contributed by atoms with Gasteiger partial charge in [0, 0.05) is 37.1 Å². The number of nitrogens with one attached hydrogen (secondary N) is 2. The highest BCUT2D eigenvalue weighted by molar-refractivity contribution is 5.93. The molecule has 5 nitrogen and oxygen atoms in total. The summed E-state index contributed by atoms with van der Waals surface area (Å²) in [6.45, 7) is 3.01. The maximum atomic E-state index is 12.7. The largest absolute Gasteiger partial charge is 0.377 e. The zero-order valence-corrected chi connectivity index (χ0v) is 14.7. The molecule has 2 saturated heterocycles. The van der Waals surface area contributed by atoms with Crippen LogP contribution in [-0.2, 0) is 4.74 Å². The molecule has 1 aromatic rings. The van der Waals surface area contributed by atoms with Crippen LogP contribution in [0.2, 0.25) is 0 Å². The summed E-state index contributed by atoms with van der Waals surface area (Å²) in [7, 11) is 0. The van der Waals surface area contributed by atoms with Gasteiger partial charge in [0.2, 0.25) is 0 Å². The van der Waals surface area contributed by atoms with Crippen molar-refractivity contribution < 1.29 is 9.53 Å². The predicted octanol–water partition coefficient (Wildman–Crippen LogP) is 3.37. The van der Waals surface area contributed by atoms with Gasteiger partial charge >= 0.3 is 6.03 Å². The van der Waals surface area contributed by atoms with Gasteiger partial charge in [-0.1, -0.05) is 18.6 Å². The molecule has 4 fully saturated rings. The third-order valence-electron chi connectivity index (χ3n) is 6.92. The summed E-state index contributed by atoms with van der Waals surface area (Å²) in [5.41, 5.74) is 2.29. The molecular formula is C20H27N3O2. The number of nitrogens with zero attached hydrogens (tertiary/aromatic N) is 1. The molecule has 3 unspecified atom stereocenters. The van der Waals surface area contributed by atoms with Crippen LogP contribution in [0.25, 0.3) is 0 Å². The minimum absolute atomic E-state index is 0.0618. The van der Waals surface area contributed by atoms with Crippen molar-refractivity contribution in [1.82, 2.24) is 5.32 Å². The number of benzene rings is 1. The fourth-order valence-corrected chi connectivity index (χ4v) is 5.57. The Morgan fingerprint density at radius 2 is 1.96 bits per heavy atom. The van der Waals surface area contributed by atoms with Gasteiger partial charge in [0.1, 0.15) is 0 Å². The second-order valence-electron chi connectivity index (χ2n) is 8.12. The zero-order chi connectivity index (χ0) is 16.9. The van der Waals surface area contributed by atoms with Gasteiger partial charge < -0.3 is 20.3 Å². The van der Waals surface area contributed by atoms with Crippen molar-refractivity contribution in [3.05, 3.63) is 24.3 Å². The quantitative estimate of drug-likeness (QED) is 0.886. The molecule has 0 bridgehead atoms. The Hall–Kier alpha value is -1.75. The summed E-state index contributed by atoms with van der Waals surface area (Å²) in [5.74, 6) is 0.514. The lowest BCUT2D eigenvalue weighted by molar-refractivity contribution is -0.171. The Kier molecular flexibility index (Phi) is 3.66. The van der Waals surface area contributed by atoms with Crippen molar-refractivity contribution in [3.63, 3.8) is 0 Å². The Morgan fingerprint density at radius 1 is 1.16 bits per heavy atom. The number of carbonyl (C=O) groups is 1. The van der Waals surface area contributed by atoms with E-state index < -0.39 is 0 Å². The molecule has 2 aliphatic heterocycles. The molecule has 2 saturated carbocycles. The summed E-state index contributed by atoms with van der Waals surface area (Å²) < 4.78 is 5.95. The number of amides is 2. The van der Waals surface area contributed by atoms with Gasteiger partial charge in [-0.2, -0.15) is 0 Å². The fraction of sp³-hybridized carbons (Fsp3) is 0.650.